The van der Waals surface area contributed by atoms with E-state index in [2.05, 4.69) is 5.32 Å². The van der Waals surface area contributed by atoms with Gasteiger partial charge in [0.25, 0.3) is 0 Å². The van der Waals surface area contributed by atoms with Crippen LogP contribution in [0.3, 0.4) is 0 Å². The predicted octanol–water partition coefficient (Wildman–Crippen LogP) is 2.32. The Labute approximate surface area is 117 Å². The van der Waals surface area contributed by atoms with Gasteiger partial charge in [-0.05, 0) is 31.5 Å². The van der Waals surface area contributed by atoms with Crippen LogP contribution in [-0.4, -0.2) is 28.8 Å². The zero-order valence-corrected chi connectivity index (χ0v) is 12.0. The van der Waals surface area contributed by atoms with Gasteiger partial charge in [0.05, 0.1) is 6.42 Å². The number of carbonyl (C=O) groups excluding carboxylic acids is 1. The van der Waals surface area contributed by atoms with Gasteiger partial charge in [-0.25, -0.2) is 0 Å². The Morgan fingerprint density at radius 3 is 2.42 bits per heavy atom. The highest BCUT2D eigenvalue weighted by Crippen LogP contribution is 2.19. The van der Waals surface area contributed by atoms with E-state index in [0.717, 1.165) is 16.2 Å². The molecule has 0 saturated carbocycles. The van der Waals surface area contributed by atoms with E-state index < -0.39 is 5.97 Å². The molecule has 1 aromatic rings. The summed E-state index contributed by atoms with van der Waals surface area (Å²) >= 11 is 1.60. The lowest BCUT2D eigenvalue weighted by atomic mass is 10.2. The number of benzene rings is 1. The van der Waals surface area contributed by atoms with Crippen molar-refractivity contribution < 1.29 is 14.7 Å². The zero-order chi connectivity index (χ0) is 14.3. The first-order chi connectivity index (χ1) is 8.97. The fraction of sp³-hybridized carbons (Fsp3) is 0.429. The molecule has 0 heterocycles. The van der Waals surface area contributed by atoms with Crippen LogP contribution in [0, 0.1) is 0 Å². The van der Waals surface area contributed by atoms with Gasteiger partial charge in [-0.15, -0.1) is 11.8 Å². The summed E-state index contributed by atoms with van der Waals surface area (Å²) in [4.78, 5) is 23.0. The van der Waals surface area contributed by atoms with Crippen LogP contribution in [0.4, 0.5) is 0 Å². The monoisotopic (exact) mass is 281 g/mol. The molecule has 19 heavy (non-hydrogen) atoms. The van der Waals surface area contributed by atoms with Crippen LogP contribution < -0.4 is 5.32 Å². The lowest BCUT2D eigenvalue weighted by Gasteiger charge is -2.08. The van der Waals surface area contributed by atoms with E-state index in [0.29, 0.717) is 6.42 Å². The van der Waals surface area contributed by atoms with Gasteiger partial charge in [0, 0.05) is 23.1 Å². The minimum Gasteiger partial charge on any atom is -0.481 e. The molecule has 0 unspecified atom stereocenters. The van der Waals surface area contributed by atoms with Crippen molar-refractivity contribution in [3.63, 3.8) is 0 Å². The molecule has 0 aliphatic rings. The van der Waals surface area contributed by atoms with Crippen molar-refractivity contribution in [3.8, 4) is 0 Å². The highest BCUT2D eigenvalue weighted by Gasteiger charge is 2.04. The summed E-state index contributed by atoms with van der Waals surface area (Å²) < 4.78 is 0. The second kappa shape index (κ2) is 7.84. The Bertz CT molecular complexity index is 429. The van der Waals surface area contributed by atoms with Crippen molar-refractivity contribution in [1.29, 1.82) is 0 Å². The maximum absolute atomic E-state index is 11.4. The summed E-state index contributed by atoms with van der Waals surface area (Å²) in [7, 11) is 0. The van der Waals surface area contributed by atoms with E-state index >= 15 is 0 Å². The average molecular weight is 281 g/mol. The summed E-state index contributed by atoms with van der Waals surface area (Å²) in [6.07, 6.45) is 0.529. The van der Waals surface area contributed by atoms with Crippen molar-refractivity contribution in [2.75, 3.05) is 5.75 Å². The molecule has 0 radical (unpaired) electrons. The number of carbonyl (C=O) groups is 2. The second-order valence-electron chi connectivity index (χ2n) is 4.54. The topological polar surface area (TPSA) is 66.4 Å². The molecule has 0 atom stereocenters. The highest BCUT2D eigenvalue weighted by molar-refractivity contribution is 7.99. The quantitative estimate of drug-likeness (QED) is 0.753. The lowest BCUT2D eigenvalue weighted by molar-refractivity contribution is -0.136. The molecule has 4 nitrogen and oxygen atoms in total. The van der Waals surface area contributed by atoms with E-state index in [1.54, 1.807) is 11.8 Å². The average Bonchev–Trinajstić information content (AvgIpc) is 2.29. The van der Waals surface area contributed by atoms with E-state index in [1.807, 2.05) is 38.1 Å². The van der Waals surface area contributed by atoms with Crippen molar-refractivity contribution >= 4 is 23.6 Å². The van der Waals surface area contributed by atoms with Crippen molar-refractivity contribution in [2.45, 2.75) is 37.6 Å². The summed E-state index contributed by atoms with van der Waals surface area (Å²) in [6.45, 7) is 3.87. The largest absolute Gasteiger partial charge is 0.481 e. The summed E-state index contributed by atoms with van der Waals surface area (Å²) in [5.74, 6) is -0.0487. The molecule has 0 fully saturated rings. The van der Waals surface area contributed by atoms with E-state index in [-0.39, 0.29) is 18.4 Å². The summed E-state index contributed by atoms with van der Waals surface area (Å²) in [5, 5.41) is 11.5. The molecule has 0 aliphatic carbocycles. The Morgan fingerprint density at radius 1 is 1.26 bits per heavy atom. The van der Waals surface area contributed by atoms with E-state index in [1.165, 1.54) is 0 Å². The number of nitrogens with one attached hydrogen (secondary N) is 1. The van der Waals surface area contributed by atoms with Crippen LogP contribution in [-0.2, 0) is 16.0 Å². The third-order valence-corrected chi connectivity index (χ3v) is 3.34. The van der Waals surface area contributed by atoms with Crippen molar-refractivity contribution in [2.24, 2.45) is 0 Å². The first kappa shape index (κ1) is 15.6. The molecule has 5 heteroatoms. The van der Waals surface area contributed by atoms with Gasteiger partial charge in [-0.2, -0.15) is 0 Å². The molecule has 0 saturated heterocycles. The smallest absolute Gasteiger partial charge is 0.307 e. The Balaban J connectivity index is 2.34. The predicted molar refractivity (Wildman–Crippen MR) is 76.4 cm³/mol. The maximum Gasteiger partial charge on any atom is 0.307 e. The molecule has 1 rings (SSSR count). The van der Waals surface area contributed by atoms with Crippen LogP contribution in [0.15, 0.2) is 29.2 Å². The molecule has 0 bridgehead atoms. The van der Waals surface area contributed by atoms with Crippen LogP contribution in [0.2, 0.25) is 0 Å². The highest BCUT2D eigenvalue weighted by atomic mass is 32.2. The number of hydrogen-bond donors (Lipinski definition) is 2. The van der Waals surface area contributed by atoms with Crippen molar-refractivity contribution in [3.05, 3.63) is 29.8 Å². The van der Waals surface area contributed by atoms with Gasteiger partial charge >= 0.3 is 5.97 Å². The minimum absolute atomic E-state index is 0.0434. The van der Waals surface area contributed by atoms with Gasteiger partial charge in [-0.3, -0.25) is 9.59 Å². The number of amides is 1. The number of aliphatic carboxylic acids is 1. The Kier molecular flexibility index (Phi) is 6.42. The second-order valence-corrected chi connectivity index (χ2v) is 5.70. The molecular formula is C14H19NO3S. The lowest BCUT2D eigenvalue weighted by Crippen LogP contribution is -2.30. The van der Waals surface area contributed by atoms with E-state index in [9.17, 15) is 9.59 Å². The minimum atomic E-state index is -0.828. The standard InChI is InChI=1S/C14H19NO3S/c1-10(2)15-13(16)7-8-19-12-5-3-11(4-6-12)9-14(17)18/h3-6,10H,7-9H2,1-2H3,(H,15,16)(H,17,18). The first-order valence-electron chi connectivity index (χ1n) is 6.20. The Morgan fingerprint density at radius 2 is 1.89 bits per heavy atom. The van der Waals surface area contributed by atoms with Crippen LogP contribution >= 0.6 is 11.8 Å². The molecule has 0 aromatic heterocycles. The van der Waals surface area contributed by atoms with Gasteiger partial charge < -0.3 is 10.4 Å². The van der Waals surface area contributed by atoms with Crippen LogP contribution in [0.5, 0.6) is 0 Å². The molecule has 1 aromatic carbocycles. The molecular weight excluding hydrogens is 262 g/mol. The van der Waals surface area contributed by atoms with Gasteiger partial charge in [-0.1, -0.05) is 12.1 Å². The van der Waals surface area contributed by atoms with E-state index in [4.69, 9.17) is 5.11 Å². The molecule has 1 amide bonds. The SMILES string of the molecule is CC(C)NC(=O)CCSc1ccc(CC(=O)O)cc1. The van der Waals surface area contributed by atoms with Crippen LogP contribution in [0.1, 0.15) is 25.8 Å². The fourth-order valence-corrected chi connectivity index (χ4v) is 2.39. The number of thioether (sulfide) groups is 1. The van der Waals surface area contributed by atoms with Gasteiger partial charge in [0.1, 0.15) is 0 Å². The van der Waals surface area contributed by atoms with Gasteiger partial charge in [0.2, 0.25) is 5.91 Å². The number of hydrogen-bond acceptors (Lipinski definition) is 3. The zero-order valence-electron chi connectivity index (χ0n) is 11.2. The maximum atomic E-state index is 11.4. The summed E-state index contributed by atoms with van der Waals surface area (Å²) in [6, 6.07) is 7.58. The molecule has 104 valence electrons. The fourth-order valence-electron chi connectivity index (χ4n) is 1.53. The number of carboxylic acids is 1. The Hall–Kier alpha value is -1.49. The molecule has 2 N–H and O–H groups in total. The summed E-state index contributed by atoms with van der Waals surface area (Å²) in [5.41, 5.74) is 0.786. The van der Waals surface area contributed by atoms with Crippen molar-refractivity contribution in [1.82, 2.24) is 5.32 Å². The van der Waals surface area contributed by atoms with Gasteiger partial charge in [0.15, 0.2) is 0 Å². The number of carboxylic acid groups (broad SMARTS) is 1. The first-order valence-corrected chi connectivity index (χ1v) is 7.19. The normalized spacial score (nSPS) is 10.5. The third-order valence-electron chi connectivity index (χ3n) is 2.33. The van der Waals surface area contributed by atoms with Crippen LogP contribution in [0.25, 0.3) is 0 Å². The molecule has 0 aliphatic heterocycles. The molecule has 0 spiro atoms. The third kappa shape index (κ3) is 6.86. The number of rotatable bonds is 7.